The van der Waals surface area contributed by atoms with Crippen molar-refractivity contribution in [3.05, 3.63) is 29.8 Å². The number of ether oxygens (including phenoxy) is 1. The summed E-state index contributed by atoms with van der Waals surface area (Å²) in [6.45, 7) is 8.08. The minimum Gasteiger partial charge on any atom is -0.484 e. The van der Waals surface area contributed by atoms with Crippen LogP contribution in [0.2, 0.25) is 0 Å². The molecule has 0 unspecified atom stereocenters. The normalized spacial score (nSPS) is 14.8. The van der Waals surface area contributed by atoms with E-state index in [1.54, 1.807) is 9.80 Å². The molecule has 0 saturated carbocycles. The van der Waals surface area contributed by atoms with Gasteiger partial charge >= 0.3 is 6.03 Å². The summed E-state index contributed by atoms with van der Waals surface area (Å²) in [5.74, 6) is 0.647. The Morgan fingerprint density at radius 2 is 1.65 bits per heavy atom. The average Bonchev–Trinajstić information content (AvgIpc) is 2.53. The van der Waals surface area contributed by atoms with Crippen molar-refractivity contribution in [2.45, 2.75) is 26.8 Å². The van der Waals surface area contributed by atoms with Crippen molar-refractivity contribution in [2.75, 3.05) is 32.8 Å². The highest BCUT2D eigenvalue weighted by Gasteiger charge is 2.24. The molecule has 1 aliphatic rings. The summed E-state index contributed by atoms with van der Waals surface area (Å²) in [5, 5.41) is 2.87. The van der Waals surface area contributed by atoms with Crippen molar-refractivity contribution in [1.29, 1.82) is 0 Å². The van der Waals surface area contributed by atoms with Crippen LogP contribution in [0.1, 0.15) is 19.4 Å². The quantitative estimate of drug-likeness (QED) is 0.917. The van der Waals surface area contributed by atoms with Gasteiger partial charge in [-0.25, -0.2) is 4.79 Å². The van der Waals surface area contributed by atoms with Crippen LogP contribution in [0.4, 0.5) is 4.79 Å². The fourth-order valence-corrected chi connectivity index (χ4v) is 2.37. The number of rotatable bonds is 4. The van der Waals surface area contributed by atoms with Crippen molar-refractivity contribution in [1.82, 2.24) is 15.1 Å². The molecule has 0 atom stereocenters. The van der Waals surface area contributed by atoms with Crippen molar-refractivity contribution < 1.29 is 14.3 Å². The fraction of sp³-hybridized carbons (Fsp3) is 0.529. The highest BCUT2D eigenvalue weighted by molar-refractivity contribution is 5.79. The van der Waals surface area contributed by atoms with E-state index >= 15 is 0 Å². The van der Waals surface area contributed by atoms with E-state index in [1.165, 1.54) is 0 Å². The molecule has 3 amide bonds. The summed E-state index contributed by atoms with van der Waals surface area (Å²) >= 11 is 0. The van der Waals surface area contributed by atoms with Crippen LogP contribution in [-0.4, -0.2) is 60.6 Å². The average molecular weight is 319 g/mol. The lowest BCUT2D eigenvalue weighted by atomic mass is 10.2. The van der Waals surface area contributed by atoms with E-state index < -0.39 is 0 Å². The number of urea groups is 1. The van der Waals surface area contributed by atoms with Gasteiger partial charge in [0.25, 0.3) is 5.91 Å². The number of nitrogens with zero attached hydrogens (tertiary/aromatic N) is 2. The summed E-state index contributed by atoms with van der Waals surface area (Å²) in [6, 6.07) is 7.67. The van der Waals surface area contributed by atoms with Crippen molar-refractivity contribution in [3.8, 4) is 5.75 Å². The Morgan fingerprint density at radius 3 is 2.22 bits per heavy atom. The molecule has 23 heavy (non-hydrogen) atoms. The molecule has 1 saturated heterocycles. The maximum atomic E-state index is 12.2. The summed E-state index contributed by atoms with van der Waals surface area (Å²) in [5.41, 5.74) is 1.15. The third kappa shape index (κ3) is 5.16. The van der Waals surface area contributed by atoms with Crippen LogP contribution in [-0.2, 0) is 4.79 Å². The first kappa shape index (κ1) is 17.1. The Kier molecular flexibility index (Phi) is 5.84. The van der Waals surface area contributed by atoms with Gasteiger partial charge < -0.3 is 19.9 Å². The number of nitrogens with one attached hydrogen (secondary N) is 1. The fourth-order valence-electron chi connectivity index (χ4n) is 2.37. The zero-order valence-corrected chi connectivity index (χ0v) is 14.0. The molecule has 6 heteroatoms. The first-order chi connectivity index (χ1) is 11.0. The van der Waals surface area contributed by atoms with Crippen molar-refractivity contribution in [3.63, 3.8) is 0 Å². The van der Waals surface area contributed by atoms with Crippen LogP contribution in [0.15, 0.2) is 24.3 Å². The molecule has 1 heterocycles. The molecule has 1 aliphatic heterocycles. The molecule has 1 aromatic rings. The number of hydrogen-bond acceptors (Lipinski definition) is 3. The second kappa shape index (κ2) is 7.85. The Labute approximate surface area is 137 Å². The van der Waals surface area contributed by atoms with Gasteiger partial charge in [-0.2, -0.15) is 0 Å². The molecular weight excluding hydrogens is 294 g/mol. The molecule has 126 valence electrons. The predicted molar refractivity (Wildman–Crippen MR) is 88.5 cm³/mol. The zero-order valence-electron chi connectivity index (χ0n) is 14.0. The highest BCUT2D eigenvalue weighted by Crippen LogP contribution is 2.12. The highest BCUT2D eigenvalue weighted by atomic mass is 16.5. The molecule has 1 fully saturated rings. The van der Waals surface area contributed by atoms with Crippen LogP contribution in [0, 0.1) is 6.92 Å². The largest absolute Gasteiger partial charge is 0.484 e. The monoisotopic (exact) mass is 319 g/mol. The molecule has 0 aromatic heterocycles. The Balaban J connectivity index is 1.75. The van der Waals surface area contributed by atoms with Crippen LogP contribution >= 0.6 is 0 Å². The maximum absolute atomic E-state index is 12.2. The Hall–Kier alpha value is -2.24. The number of hydrogen-bond donors (Lipinski definition) is 1. The number of piperazine rings is 1. The van der Waals surface area contributed by atoms with Crippen LogP contribution in [0.25, 0.3) is 0 Å². The number of aryl methyl sites for hydroxylation is 1. The molecule has 0 bridgehead atoms. The van der Waals surface area contributed by atoms with Gasteiger partial charge in [0.2, 0.25) is 0 Å². The van der Waals surface area contributed by atoms with Gasteiger partial charge in [-0.15, -0.1) is 0 Å². The molecule has 6 nitrogen and oxygen atoms in total. The van der Waals surface area contributed by atoms with Gasteiger partial charge in [0, 0.05) is 32.2 Å². The van der Waals surface area contributed by atoms with Gasteiger partial charge in [0.05, 0.1) is 0 Å². The Bertz CT molecular complexity index is 535. The van der Waals surface area contributed by atoms with Gasteiger partial charge in [-0.3, -0.25) is 4.79 Å². The lowest BCUT2D eigenvalue weighted by molar-refractivity contribution is -0.134. The third-order valence-corrected chi connectivity index (χ3v) is 3.72. The number of carbonyl (C=O) groups excluding carboxylic acids is 2. The lowest BCUT2D eigenvalue weighted by Gasteiger charge is -2.35. The second-order valence-electron chi connectivity index (χ2n) is 6.07. The van der Waals surface area contributed by atoms with E-state index in [4.69, 9.17) is 4.74 Å². The maximum Gasteiger partial charge on any atom is 0.317 e. The van der Waals surface area contributed by atoms with Crippen LogP contribution in [0.5, 0.6) is 5.75 Å². The molecule has 1 N–H and O–H groups in total. The molecule has 0 radical (unpaired) electrons. The van der Waals surface area contributed by atoms with E-state index in [1.807, 2.05) is 45.0 Å². The summed E-state index contributed by atoms with van der Waals surface area (Å²) in [4.78, 5) is 27.6. The summed E-state index contributed by atoms with van der Waals surface area (Å²) in [7, 11) is 0. The Morgan fingerprint density at radius 1 is 1.09 bits per heavy atom. The topological polar surface area (TPSA) is 61.9 Å². The van der Waals surface area contributed by atoms with Gasteiger partial charge in [-0.1, -0.05) is 17.7 Å². The van der Waals surface area contributed by atoms with Crippen LogP contribution < -0.4 is 10.1 Å². The minimum absolute atomic E-state index is 0.0290. The van der Waals surface area contributed by atoms with E-state index in [-0.39, 0.29) is 24.6 Å². The van der Waals surface area contributed by atoms with Gasteiger partial charge in [0.15, 0.2) is 6.61 Å². The van der Waals surface area contributed by atoms with Crippen LogP contribution in [0.3, 0.4) is 0 Å². The van der Waals surface area contributed by atoms with E-state index in [0.29, 0.717) is 31.9 Å². The first-order valence-electron chi connectivity index (χ1n) is 7.98. The van der Waals surface area contributed by atoms with E-state index in [9.17, 15) is 9.59 Å². The lowest BCUT2D eigenvalue weighted by Crippen LogP contribution is -2.54. The molecular formula is C17H25N3O3. The standard InChI is InChI=1S/C17H25N3O3/c1-13(2)18-17(22)20-10-8-19(9-11-20)16(21)12-23-15-6-4-14(3)5-7-15/h4-7,13H,8-12H2,1-3H3,(H,18,22). The molecule has 0 spiro atoms. The summed E-state index contributed by atoms with van der Waals surface area (Å²) in [6.07, 6.45) is 0. The third-order valence-electron chi connectivity index (χ3n) is 3.72. The van der Waals surface area contributed by atoms with E-state index in [0.717, 1.165) is 5.56 Å². The number of carbonyl (C=O) groups is 2. The minimum atomic E-state index is -0.0667. The second-order valence-corrected chi connectivity index (χ2v) is 6.07. The molecule has 2 rings (SSSR count). The first-order valence-corrected chi connectivity index (χ1v) is 7.98. The zero-order chi connectivity index (χ0) is 16.8. The molecule has 0 aliphatic carbocycles. The van der Waals surface area contributed by atoms with Crippen molar-refractivity contribution in [2.24, 2.45) is 0 Å². The van der Waals surface area contributed by atoms with E-state index in [2.05, 4.69) is 5.32 Å². The number of benzene rings is 1. The SMILES string of the molecule is Cc1ccc(OCC(=O)N2CCN(C(=O)NC(C)C)CC2)cc1. The number of amides is 3. The molecule has 1 aromatic carbocycles. The van der Waals surface area contributed by atoms with Crippen molar-refractivity contribution >= 4 is 11.9 Å². The van der Waals surface area contributed by atoms with Gasteiger partial charge in [-0.05, 0) is 32.9 Å². The predicted octanol–water partition coefficient (Wildman–Crippen LogP) is 1.64. The smallest absolute Gasteiger partial charge is 0.317 e. The van der Waals surface area contributed by atoms with Gasteiger partial charge in [0.1, 0.15) is 5.75 Å². The summed E-state index contributed by atoms with van der Waals surface area (Å²) < 4.78 is 5.52.